The SMILES string of the molecule is O=C(Nc1cc(NCc2cn3cc(C4CC4)cc(N4CCCC4=O)c3n2)ccn1)[C@@H]1C[C@H]1c1cccc(Cl)c1. The number of rotatable bonds is 8. The Labute approximate surface area is 231 Å². The zero-order chi connectivity index (χ0) is 26.5. The number of benzene rings is 1. The summed E-state index contributed by atoms with van der Waals surface area (Å²) in [6.45, 7) is 1.25. The highest BCUT2D eigenvalue weighted by Gasteiger charge is 2.44. The molecule has 9 heteroatoms. The van der Waals surface area contributed by atoms with Crippen LogP contribution < -0.4 is 15.5 Å². The molecule has 2 aliphatic carbocycles. The Balaban J connectivity index is 1.04. The van der Waals surface area contributed by atoms with Crippen molar-refractivity contribution >= 4 is 46.3 Å². The number of amides is 2. The Kier molecular flexibility index (Phi) is 6.00. The molecule has 2 atom stereocenters. The van der Waals surface area contributed by atoms with Crippen molar-refractivity contribution in [2.24, 2.45) is 5.92 Å². The smallest absolute Gasteiger partial charge is 0.229 e. The molecule has 0 spiro atoms. The van der Waals surface area contributed by atoms with Crippen molar-refractivity contribution in [3.8, 4) is 0 Å². The maximum atomic E-state index is 12.8. The molecule has 198 valence electrons. The second kappa shape index (κ2) is 9.68. The lowest BCUT2D eigenvalue weighted by atomic mass is 10.1. The van der Waals surface area contributed by atoms with Gasteiger partial charge in [-0.25, -0.2) is 9.97 Å². The first-order valence-corrected chi connectivity index (χ1v) is 14.0. The summed E-state index contributed by atoms with van der Waals surface area (Å²) in [6.07, 6.45) is 10.6. The Morgan fingerprint density at radius 2 is 2.00 bits per heavy atom. The van der Waals surface area contributed by atoms with E-state index in [2.05, 4.69) is 32.3 Å². The molecule has 8 nitrogen and oxygen atoms in total. The number of hydrogen-bond acceptors (Lipinski definition) is 5. The molecule has 0 bridgehead atoms. The van der Waals surface area contributed by atoms with E-state index in [9.17, 15) is 9.59 Å². The summed E-state index contributed by atoms with van der Waals surface area (Å²) < 4.78 is 2.07. The van der Waals surface area contributed by atoms with Gasteiger partial charge in [-0.05, 0) is 72.9 Å². The number of nitrogens with zero attached hydrogens (tertiary/aromatic N) is 4. The van der Waals surface area contributed by atoms with Gasteiger partial charge < -0.3 is 19.9 Å². The van der Waals surface area contributed by atoms with Crippen LogP contribution in [0.15, 0.2) is 61.1 Å². The standard InChI is InChI=1S/C30H29ClN6O2/c31-21-4-1-3-19(11-21)24-14-25(24)30(39)35-27-13-22(8-9-32-27)33-15-23-17-36-16-20(18-6-7-18)12-26(29(36)34-23)37-10-2-5-28(37)38/h1,3-4,8-9,11-13,16-18,24-25H,2,5-7,10,14-15H2,(H2,32,33,35,39)/t24-,25+/m0/s1. The predicted octanol–water partition coefficient (Wildman–Crippen LogP) is 5.74. The molecule has 1 aromatic carbocycles. The Bertz CT molecular complexity index is 1600. The van der Waals surface area contributed by atoms with E-state index >= 15 is 0 Å². The molecule has 1 saturated heterocycles. The van der Waals surface area contributed by atoms with E-state index in [1.165, 1.54) is 18.4 Å². The second-order valence-corrected chi connectivity index (χ2v) is 11.3. The number of carbonyl (C=O) groups is 2. The van der Waals surface area contributed by atoms with Crippen LogP contribution in [0.4, 0.5) is 17.2 Å². The van der Waals surface area contributed by atoms with Crippen LogP contribution in [0.1, 0.15) is 60.8 Å². The zero-order valence-electron chi connectivity index (χ0n) is 21.4. The summed E-state index contributed by atoms with van der Waals surface area (Å²) in [6, 6.07) is 13.6. The van der Waals surface area contributed by atoms with E-state index in [1.54, 1.807) is 6.20 Å². The van der Waals surface area contributed by atoms with Crippen LogP contribution in [0.2, 0.25) is 5.02 Å². The van der Waals surface area contributed by atoms with Gasteiger partial charge in [0.2, 0.25) is 11.8 Å². The average Bonchev–Trinajstić information content (AvgIpc) is 3.85. The molecule has 2 saturated carbocycles. The molecule has 7 rings (SSSR count). The minimum atomic E-state index is -0.0722. The van der Waals surface area contributed by atoms with Crippen LogP contribution in [-0.2, 0) is 16.1 Å². The number of carbonyl (C=O) groups excluding carboxylic acids is 2. The normalized spacial score (nSPS) is 20.4. The fraction of sp³-hybridized carbons (Fsp3) is 0.333. The maximum absolute atomic E-state index is 12.8. The summed E-state index contributed by atoms with van der Waals surface area (Å²) in [7, 11) is 0. The summed E-state index contributed by atoms with van der Waals surface area (Å²) in [5.74, 6) is 1.36. The van der Waals surface area contributed by atoms with E-state index in [0.717, 1.165) is 47.7 Å². The van der Waals surface area contributed by atoms with Gasteiger partial charge in [-0.3, -0.25) is 9.59 Å². The molecule has 3 fully saturated rings. The van der Waals surface area contributed by atoms with E-state index in [4.69, 9.17) is 16.6 Å². The molecule has 0 unspecified atom stereocenters. The minimum Gasteiger partial charge on any atom is -0.379 e. The molecule has 3 aliphatic rings. The summed E-state index contributed by atoms with van der Waals surface area (Å²) in [4.78, 5) is 36.5. The van der Waals surface area contributed by atoms with Crippen molar-refractivity contribution < 1.29 is 9.59 Å². The third kappa shape index (κ3) is 4.96. The predicted molar refractivity (Wildman–Crippen MR) is 151 cm³/mol. The van der Waals surface area contributed by atoms with Crippen molar-refractivity contribution in [1.82, 2.24) is 14.4 Å². The van der Waals surface area contributed by atoms with Gasteiger partial charge in [0, 0.05) is 54.3 Å². The molecule has 1 aliphatic heterocycles. The van der Waals surface area contributed by atoms with Crippen LogP contribution in [0.3, 0.4) is 0 Å². The summed E-state index contributed by atoms with van der Waals surface area (Å²) >= 11 is 6.11. The van der Waals surface area contributed by atoms with Crippen LogP contribution in [0.5, 0.6) is 0 Å². The molecule has 4 heterocycles. The molecule has 4 aromatic rings. The summed E-state index contributed by atoms with van der Waals surface area (Å²) in [5, 5.41) is 7.06. The highest BCUT2D eigenvalue weighted by Crippen LogP contribution is 2.48. The number of anilines is 3. The zero-order valence-corrected chi connectivity index (χ0v) is 22.2. The number of pyridine rings is 2. The molecular weight excluding hydrogens is 512 g/mol. The monoisotopic (exact) mass is 540 g/mol. The first kappa shape index (κ1) is 24.2. The largest absolute Gasteiger partial charge is 0.379 e. The van der Waals surface area contributed by atoms with Gasteiger partial charge in [0.15, 0.2) is 5.65 Å². The number of halogens is 1. The number of fused-ring (bicyclic) bond motifs is 1. The lowest BCUT2D eigenvalue weighted by Crippen LogP contribution is -2.24. The third-order valence-electron chi connectivity index (χ3n) is 7.90. The van der Waals surface area contributed by atoms with Gasteiger partial charge >= 0.3 is 0 Å². The van der Waals surface area contributed by atoms with E-state index in [0.29, 0.717) is 29.7 Å². The Morgan fingerprint density at radius 1 is 1.10 bits per heavy atom. The van der Waals surface area contributed by atoms with Gasteiger partial charge in [0.1, 0.15) is 5.82 Å². The Morgan fingerprint density at radius 3 is 2.79 bits per heavy atom. The van der Waals surface area contributed by atoms with Crippen LogP contribution >= 0.6 is 11.6 Å². The third-order valence-corrected chi connectivity index (χ3v) is 8.14. The Hall–Kier alpha value is -3.91. The van der Waals surface area contributed by atoms with Crippen molar-refractivity contribution in [1.29, 1.82) is 0 Å². The fourth-order valence-corrected chi connectivity index (χ4v) is 5.79. The average molecular weight is 541 g/mol. The van der Waals surface area contributed by atoms with Crippen LogP contribution in [0, 0.1) is 5.92 Å². The van der Waals surface area contributed by atoms with E-state index in [1.807, 2.05) is 47.5 Å². The molecular formula is C30H29ClN6O2. The molecule has 3 aromatic heterocycles. The van der Waals surface area contributed by atoms with Crippen molar-refractivity contribution in [3.63, 3.8) is 0 Å². The van der Waals surface area contributed by atoms with Gasteiger partial charge in [-0.15, -0.1) is 0 Å². The number of imidazole rings is 1. The first-order chi connectivity index (χ1) is 19.0. The number of hydrogen-bond donors (Lipinski definition) is 2. The first-order valence-electron chi connectivity index (χ1n) is 13.6. The lowest BCUT2D eigenvalue weighted by molar-refractivity contribution is -0.118. The van der Waals surface area contributed by atoms with Gasteiger partial charge in [-0.1, -0.05) is 23.7 Å². The van der Waals surface area contributed by atoms with Gasteiger partial charge in [0.25, 0.3) is 0 Å². The van der Waals surface area contributed by atoms with Crippen molar-refractivity contribution in [3.05, 3.63) is 82.9 Å². The van der Waals surface area contributed by atoms with Crippen LogP contribution in [0.25, 0.3) is 5.65 Å². The number of nitrogens with one attached hydrogen (secondary N) is 2. The van der Waals surface area contributed by atoms with Gasteiger partial charge in [-0.2, -0.15) is 0 Å². The quantitative estimate of drug-likeness (QED) is 0.297. The maximum Gasteiger partial charge on any atom is 0.229 e. The van der Waals surface area contributed by atoms with E-state index in [-0.39, 0.29) is 23.7 Å². The topological polar surface area (TPSA) is 91.6 Å². The molecule has 39 heavy (non-hydrogen) atoms. The number of aromatic nitrogens is 3. The minimum absolute atomic E-state index is 0.0274. The highest BCUT2D eigenvalue weighted by atomic mass is 35.5. The second-order valence-electron chi connectivity index (χ2n) is 10.8. The lowest BCUT2D eigenvalue weighted by Gasteiger charge is -2.17. The summed E-state index contributed by atoms with van der Waals surface area (Å²) in [5.41, 5.74) is 5.82. The van der Waals surface area contributed by atoms with E-state index < -0.39 is 0 Å². The molecule has 0 radical (unpaired) electrons. The van der Waals surface area contributed by atoms with Gasteiger partial charge in [0.05, 0.1) is 17.9 Å². The highest BCUT2D eigenvalue weighted by molar-refractivity contribution is 6.30. The van der Waals surface area contributed by atoms with Crippen LogP contribution in [-0.4, -0.2) is 32.7 Å². The van der Waals surface area contributed by atoms with Crippen molar-refractivity contribution in [2.75, 3.05) is 22.1 Å². The molecule has 2 N–H and O–H groups in total. The van der Waals surface area contributed by atoms with Crippen molar-refractivity contribution in [2.45, 2.75) is 50.5 Å². The fourth-order valence-electron chi connectivity index (χ4n) is 5.59. The molecule has 2 amide bonds.